The Morgan fingerprint density at radius 3 is 2.33 bits per heavy atom. The van der Waals surface area contributed by atoms with Crippen LogP contribution in [0, 0.1) is 17.7 Å². The van der Waals surface area contributed by atoms with Crippen LogP contribution in [0.5, 0.6) is 0 Å². The summed E-state index contributed by atoms with van der Waals surface area (Å²) < 4.78 is 13.5. The van der Waals surface area contributed by atoms with Gasteiger partial charge in [0, 0.05) is 24.9 Å². The Morgan fingerprint density at radius 2 is 1.71 bits per heavy atom. The number of rotatable bonds is 3. The van der Waals surface area contributed by atoms with E-state index in [1.807, 2.05) is 4.90 Å². The third-order valence-corrected chi connectivity index (χ3v) is 4.24. The van der Waals surface area contributed by atoms with Gasteiger partial charge in [-0.3, -0.25) is 9.59 Å². The molecule has 4 nitrogen and oxygen atoms in total. The molecule has 2 aliphatic rings. The van der Waals surface area contributed by atoms with Crippen molar-refractivity contribution in [2.45, 2.75) is 25.7 Å². The van der Waals surface area contributed by atoms with Crippen LogP contribution >= 0.6 is 0 Å². The number of benzene rings is 1. The van der Waals surface area contributed by atoms with E-state index >= 15 is 0 Å². The first kappa shape index (κ1) is 14.0. The second-order valence-electron chi connectivity index (χ2n) is 5.84. The van der Waals surface area contributed by atoms with Crippen molar-refractivity contribution in [3.8, 4) is 0 Å². The highest BCUT2D eigenvalue weighted by atomic mass is 19.1. The van der Waals surface area contributed by atoms with Gasteiger partial charge < -0.3 is 10.2 Å². The summed E-state index contributed by atoms with van der Waals surface area (Å²) in [5.41, 5.74) is 0.221. The molecule has 1 saturated heterocycles. The number of hydrogen-bond donors (Lipinski definition) is 1. The van der Waals surface area contributed by atoms with Crippen molar-refractivity contribution in [1.29, 1.82) is 0 Å². The number of nitrogens with one attached hydrogen (secondary N) is 1. The van der Waals surface area contributed by atoms with E-state index in [9.17, 15) is 14.0 Å². The molecule has 21 heavy (non-hydrogen) atoms. The molecule has 1 aliphatic carbocycles. The number of nitrogens with zero attached hydrogens (tertiary/aromatic N) is 1. The lowest BCUT2D eigenvalue weighted by Crippen LogP contribution is -2.42. The summed E-state index contributed by atoms with van der Waals surface area (Å²) in [6, 6.07) is 6.16. The SMILES string of the molecule is O=C(Nc1ccccc1F)C1CCN(C(=O)C2CC2)CC1. The number of piperidine rings is 1. The van der Waals surface area contributed by atoms with Crippen molar-refractivity contribution in [2.75, 3.05) is 18.4 Å². The standard InChI is InChI=1S/C16H19FN2O2/c17-13-3-1-2-4-14(13)18-15(20)11-7-9-19(10-8-11)16(21)12-5-6-12/h1-4,11-12H,5-10H2,(H,18,20). The minimum Gasteiger partial charge on any atom is -0.342 e. The highest BCUT2D eigenvalue weighted by Gasteiger charge is 2.35. The van der Waals surface area contributed by atoms with Gasteiger partial charge in [-0.15, -0.1) is 0 Å². The minimum atomic E-state index is -0.424. The lowest BCUT2D eigenvalue weighted by Gasteiger charge is -2.31. The van der Waals surface area contributed by atoms with Gasteiger partial charge in [0.15, 0.2) is 0 Å². The Labute approximate surface area is 123 Å². The summed E-state index contributed by atoms with van der Waals surface area (Å²) in [5.74, 6) is -0.254. The summed E-state index contributed by atoms with van der Waals surface area (Å²) in [7, 11) is 0. The number of likely N-dealkylation sites (tertiary alicyclic amines) is 1. The molecule has 1 aliphatic heterocycles. The number of anilines is 1. The van der Waals surface area contributed by atoms with E-state index in [4.69, 9.17) is 0 Å². The fourth-order valence-electron chi connectivity index (χ4n) is 2.75. The van der Waals surface area contributed by atoms with Crippen LogP contribution < -0.4 is 5.32 Å². The first-order valence-corrected chi connectivity index (χ1v) is 7.49. The highest BCUT2D eigenvalue weighted by molar-refractivity contribution is 5.93. The van der Waals surface area contributed by atoms with Gasteiger partial charge in [0.05, 0.1) is 5.69 Å². The van der Waals surface area contributed by atoms with Crippen molar-refractivity contribution in [3.05, 3.63) is 30.1 Å². The first-order chi connectivity index (χ1) is 10.1. The zero-order chi connectivity index (χ0) is 14.8. The number of halogens is 1. The molecule has 0 bridgehead atoms. The number of carbonyl (C=O) groups excluding carboxylic acids is 2. The molecule has 0 aromatic heterocycles. The van der Waals surface area contributed by atoms with Crippen molar-refractivity contribution in [2.24, 2.45) is 11.8 Å². The lowest BCUT2D eigenvalue weighted by molar-refractivity contribution is -0.135. The maximum Gasteiger partial charge on any atom is 0.227 e. The van der Waals surface area contributed by atoms with Gasteiger partial charge in [0.25, 0.3) is 0 Å². The van der Waals surface area contributed by atoms with Gasteiger partial charge in [0.2, 0.25) is 11.8 Å². The van der Waals surface area contributed by atoms with Crippen molar-refractivity contribution in [3.63, 3.8) is 0 Å². The number of carbonyl (C=O) groups is 2. The average molecular weight is 290 g/mol. The zero-order valence-corrected chi connectivity index (χ0v) is 11.8. The van der Waals surface area contributed by atoms with E-state index in [1.54, 1.807) is 18.2 Å². The van der Waals surface area contributed by atoms with Crippen LogP contribution in [0.15, 0.2) is 24.3 Å². The normalized spacial score (nSPS) is 19.4. The lowest BCUT2D eigenvalue weighted by atomic mass is 9.95. The molecule has 5 heteroatoms. The highest BCUT2D eigenvalue weighted by Crippen LogP contribution is 2.32. The van der Waals surface area contributed by atoms with Gasteiger partial charge in [-0.05, 0) is 37.8 Å². The quantitative estimate of drug-likeness (QED) is 0.929. The minimum absolute atomic E-state index is 0.146. The second kappa shape index (κ2) is 5.84. The molecule has 1 heterocycles. The van der Waals surface area contributed by atoms with Crippen LogP contribution in [0.2, 0.25) is 0 Å². The van der Waals surface area contributed by atoms with Gasteiger partial charge in [-0.2, -0.15) is 0 Å². The topological polar surface area (TPSA) is 49.4 Å². The monoisotopic (exact) mass is 290 g/mol. The fourth-order valence-corrected chi connectivity index (χ4v) is 2.75. The van der Waals surface area contributed by atoms with Crippen molar-refractivity contribution >= 4 is 17.5 Å². The second-order valence-corrected chi connectivity index (χ2v) is 5.84. The van der Waals surface area contributed by atoms with Gasteiger partial charge in [-0.25, -0.2) is 4.39 Å². The first-order valence-electron chi connectivity index (χ1n) is 7.49. The third kappa shape index (κ3) is 3.23. The Balaban J connectivity index is 1.53. The molecule has 3 rings (SSSR count). The van der Waals surface area contributed by atoms with Gasteiger partial charge in [-0.1, -0.05) is 12.1 Å². The fraction of sp³-hybridized carbons (Fsp3) is 0.500. The average Bonchev–Trinajstić information content (AvgIpc) is 3.34. The molecular formula is C16H19FN2O2. The summed E-state index contributed by atoms with van der Waals surface area (Å²) in [6.45, 7) is 1.26. The van der Waals surface area contributed by atoms with Crippen LogP contribution in [0.1, 0.15) is 25.7 Å². The van der Waals surface area contributed by atoms with Gasteiger partial charge in [0.1, 0.15) is 5.82 Å². The maximum absolute atomic E-state index is 13.5. The van der Waals surface area contributed by atoms with E-state index in [-0.39, 0.29) is 29.3 Å². The predicted molar refractivity (Wildman–Crippen MR) is 77.1 cm³/mol. The largest absolute Gasteiger partial charge is 0.342 e. The van der Waals surface area contributed by atoms with Crippen molar-refractivity contribution < 1.29 is 14.0 Å². The number of para-hydroxylation sites is 1. The molecular weight excluding hydrogens is 271 g/mol. The Morgan fingerprint density at radius 1 is 1.05 bits per heavy atom. The van der Waals surface area contributed by atoms with E-state index < -0.39 is 5.82 Å². The van der Waals surface area contributed by atoms with Gasteiger partial charge >= 0.3 is 0 Å². The Hall–Kier alpha value is -1.91. The third-order valence-electron chi connectivity index (χ3n) is 4.24. The van der Waals surface area contributed by atoms with Crippen LogP contribution in [0.3, 0.4) is 0 Å². The summed E-state index contributed by atoms with van der Waals surface area (Å²) in [5, 5.41) is 2.64. The summed E-state index contributed by atoms with van der Waals surface area (Å²) >= 11 is 0. The molecule has 0 atom stereocenters. The molecule has 1 aromatic rings. The Kier molecular flexibility index (Phi) is 3.90. The molecule has 1 saturated carbocycles. The van der Waals surface area contributed by atoms with E-state index in [0.717, 1.165) is 12.8 Å². The maximum atomic E-state index is 13.5. The smallest absolute Gasteiger partial charge is 0.227 e. The predicted octanol–water partition coefficient (Wildman–Crippen LogP) is 2.41. The molecule has 0 unspecified atom stereocenters. The molecule has 0 spiro atoms. The zero-order valence-electron chi connectivity index (χ0n) is 11.8. The molecule has 1 N–H and O–H groups in total. The van der Waals surface area contributed by atoms with Crippen LogP contribution in [-0.4, -0.2) is 29.8 Å². The molecule has 2 amide bonds. The Bertz CT molecular complexity index is 549. The molecule has 0 radical (unpaired) electrons. The number of hydrogen-bond acceptors (Lipinski definition) is 2. The molecule has 112 valence electrons. The van der Waals surface area contributed by atoms with E-state index in [0.29, 0.717) is 25.9 Å². The van der Waals surface area contributed by atoms with Crippen LogP contribution in [0.25, 0.3) is 0 Å². The summed E-state index contributed by atoms with van der Waals surface area (Å²) in [6.07, 6.45) is 3.32. The van der Waals surface area contributed by atoms with E-state index in [1.165, 1.54) is 6.07 Å². The van der Waals surface area contributed by atoms with Crippen molar-refractivity contribution in [1.82, 2.24) is 4.90 Å². The molecule has 1 aromatic carbocycles. The van der Waals surface area contributed by atoms with Crippen LogP contribution in [0.4, 0.5) is 10.1 Å². The molecule has 2 fully saturated rings. The summed E-state index contributed by atoms with van der Waals surface area (Å²) in [4.78, 5) is 26.0. The number of amides is 2. The van der Waals surface area contributed by atoms with E-state index in [2.05, 4.69) is 5.32 Å². The van der Waals surface area contributed by atoms with Crippen LogP contribution in [-0.2, 0) is 9.59 Å².